The summed E-state index contributed by atoms with van der Waals surface area (Å²) in [5.74, 6) is 0. The highest BCUT2D eigenvalue weighted by Crippen LogP contribution is 2.12. The second-order valence-corrected chi connectivity index (χ2v) is 3.53. The summed E-state index contributed by atoms with van der Waals surface area (Å²) < 4.78 is 3.48. The van der Waals surface area contributed by atoms with Crippen LogP contribution >= 0.6 is 0 Å². The predicted octanol–water partition coefficient (Wildman–Crippen LogP) is -0.0266. The molecule has 1 aromatic carbocycles. The van der Waals surface area contributed by atoms with Crippen LogP contribution in [0.25, 0.3) is 22.1 Å². The lowest BCUT2D eigenvalue weighted by Gasteiger charge is -1.90. The molecule has 4 rings (SSSR count). The smallest absolute Gasteiger partial charge is 0.0946 e. The Bertz CT molecular complexity index is 746. The first-order chi connectivity index (χ1) is 7.93. The van der Waals surface area contributed by atoms with E-state index < -0.39 is 0 Å². The van der Waals surface area contributed by atoms with Gasteiger partial charge in [0.2, 0.25) is 0 Å². The third-order valence-corrected chi connectivity index (χ3v) is 2.60. The van der Waals surface area contributed by atoms with E-state index in [0.717, 1.165) is 22.1 Å². The standard InChI is InChI=1S/C10H6N6/c1-2-4-9-7(3-1)13-16-14-8-5-11-12-6-10(8)15(9)16/h1-6H. The molecule has 0 aliphatic heterocycles. The number of benzene rings is 1. The molecule has 0 saturated carbocycles. The Balaban J connectivity index is 2.38. The maximum Gasteiger partial charge on any atom is 0.0946 e. The second kappa shape index (κ2) is 2.54. The number of hydrogen-bond donors (Lipinski definition) is 0. The van der Waals surface area contributed by atoms with E-state index in [-0.39, 0.29) is 0 Å². The molecule has 76 valence electrons. The van der Waals surface area contributed by atoms with Crippen LogP contribution in [0.4, 0.5) is 0 Å². The molecule has 0 fully saturated rings. The lowest BCUT2D eigenvalue weighted by atomic mass is 10.3. The highest BCUT2D eigenvalue weighted by atomic mass is 15.6. The zero-order valence-electron chi connectivity index (χ0n) is 8.15. The van der Waals surface area contributed by atoms with Gasteiger partial charge in [0.15, 0.2) is 0 Å². The van der Waals surface area contributed by atoms with Gasteiger partial charge in [-0.2, -0.15) is 14.7 Å². The zero-order chi connectivity index (χ0) is 10.5. The normalized spacial score (nSPS) is 11.8. The molecule has 0 aliphatic rings. The van der Waals surface area contributed by atoms with Crippen molar-refractivity contribution in [3.8, 4) is 0 Å². The fraction of sp³-hybridized carbons (Fsp3) is 0. The average Bonchev–Trinajstić information content (AvgIpc) is 2.83. The fourth-order valence-corrected chi connectivity index (χ4v) is 1.90. The molecule has 0 amide bonds. The molecule has 6 heteroatoms. The maximum absolute atomic E-state index is 4.37. The minimum atomic E-state index is 0.785. The van der Waals surface area contributed by atoms with Crippen molar-refractivity contribution < 1.29 is 4.74 Å². The monoisotopic (exact) mass is 210 g/mol. The van der Waals surface area contributed by atoms with Crippen molar-refractivity contribution in [2.75, 3.05) is 0 Å². The van der Waals surface area contributed by atoms with Crippen LogP contribution in [0.1, 0.15) is 0 Å². The van der Waals surface area contributed by atoms with E-state index >= 15 is 0 Å². The van der Waals surface area contributed by atoms with Gasteiger partial charge in [0.25, 0.3) is 0 Å². The molecule has 3 aromatic heterocycles. The van der Waals surface area contributed by atoms with Crippen LogP contribution in [0.5, 0.6) is 0 Å². The highest BCUT2D eigenvalue weighted by Gasteiger charge is 2.09. The van der Waals surface area contributed by atoms with Gasteiger partial charge in [0.1, 0.15) is 0 Å². The van der Waals surface area contributed by atoms with Crippen LogP contribution in [-0.4, -0.2) is 19.8 Å². The van der Waals surface area contributed by atoms with Crippen LogP contribution in [-0.2, 0) is 0 Å². The summed E-state index contributed by atoms with van der Waals surface area (Å²) in [7, 11) is 0. The molecular weight excluding hydrogens is 204 g/mol. The number of fused-ring (bicyclic) bond motifs is 5. The molecule has 0 spiro atoms. The number of aromatic nitrogens is 6. The van der Waals surface area contributed by atoms with Gasteiger partial charge in [-0.15, -0.1) is 0 Å². The molecule has 0 N–H and O–H groups in total. The van der Waals surface area contributed by atoms with Gasteiger partial charge in [0.05, 0.1) is 34.5 Å². The quantitative estimate of drug-likeness (QED) is 0.382. The van der Waals surface area contributed by atoms with E-state index in [0.29, 0.717) is 0 Å². The highest BCUT2D eigenvalue weighted by molar-refractivity contribution is 5.80. The zero-order valence-corrected chi connectivity index (χ0v) is 8.15. The Morgan fingerprint density at radius 2 is 1.94 bits per heavy atom. The Kier molecular flexibility index (Phi) is 1.23. The molecule has 16 heavy (non-hydrogen) atoms. The Morgan fingerprint density at radius 1 is 1.06 bits per heavy atom. The molecule has 0 aliphatic carbocycles. The molecule has 4 aromatic rings. The third kappa shape index (κ3) is 0.813. The van der Waals surface area contributed by atoms with Gasteiger partial charge >= 0.3 is 0 Å². The van der Waals surface area contributed by atoms with E-state index in [1.165, 1.54) is 0 Å². The average molecular weight is 210 g/mol. The number of hydrogen-bond acceptors (Lipinski definition) is 3. The predicted molar refractivity (Wildman–Crippen MR) is 54.8 cm³/mol. The van der Waals surface area contributed by atoms with Gasteiger partial charge in [-0.05, 0) is 16.9 Å². The molecule has 0 saturated heterocycles. The van der Waals surface area contributed by atoms with Gasteiger partial charge < -0.3 is 0 Å². The first kappa shape index (κ1) is 7.75. The van der Waals surface area contributed by atoms with Crippen molar-refractivity contribution >= 4 is 22.1 Å². The minimum absolute atomic E-state index is 0.785. The summed E-state index contributed by atoms with van der Waals surface area (Å²) in [6.07, 6.45) is 3.32. The van der Waals surface area contributed by atoms with Gasteiger partial charge in [0, 0.05) is 0 Å². The summed E-state index contributed by atoms with van der Waals surface area (Å²) in [6, 6.07) is 7.89. The second-order valence-electron chi connectivity index (χ2n) is 3.53. The summed E-state index contributed by atoms with van der Waals surface area (Å²) >= 11 is 0. The molecule has 6 nitrogen and oxygen atoms in total. The van der Waals surface area contributed by atoms with Crippen LogP contribution in [0.3, 0.4) is 0 Å². The van der Waals surface area contributed by atoms with Crippen LogP contribution in [0, 0.1) is 0 Å². The van der Waals surface area contributed by atoms with E-state index in [1.54, 1.807) is 17.1 Å². The molecule has 0 bridgehead atoms. The maximum atomic E-state index is 4.37. The van der Waals surface area contributed by atoms with Crippen molar-refractivity contribution in [2.45, 2.75) is 0 Å². The van der Waals surface area contributed by atoms with Crippen molar-refractivity contribution in [3.63, 3.8) is 0 Å². The van der Waals surface area contributed by atoms with E-state index in [1.807, 2.05) is 28.8 Å². The van der Waals surface area contributed by atoms with Gasteiger partial charge in [-0.1, -0.05) is 22.3 Å². The Hall–Kier alpha value is -2.50. The SMILES string of the molecule is c1ccc2c(c1)[n-][n+]1nc3cnncc3n21. The van der Waals surface area contributed by atoms with E-state index in [2.05, 4.69) is 20.4 Å². The summed E-state index contributed by atoms with van der Waals surface area (Å²) in [5, 5.41) is 16.4. The lowest BCUT2D eigenvalue weighted by molar-refractivity contribution is -0.727. The molecule has 0 unspecified atom stereocenters. The first-order valence-corrected chi connectivity index (χ1v) is 4.87. The van der Waals surface area contributed by atoms with Crippen LogP contribution in [0.2, 0.25) is 0 Å². The van der Waals surface area contributed by atoms with Crippen molar-refractivity contribution in [1.82, 2.24) is 24.9 Å². The van der Waals surface area contributed by atoms with Crippen molar-refractivity contribution in [2.24, 2.45) is 0 Å². The van der Waals surface area contributed by atoms with E-state index in [9.17, 15) is 0 Å². The Labute approximate surface area is 89.1 Å². The summed E-state index contributed by atoms with van der Waals surface area (Å²) in [4.78, 5) is 0. The molecule has 0 radical (unpaired) electrons. The first-order valence-electron chi connectivity index (χ1n) is 4.87. The number of rotatable bonds is 0. The van der Waals surface area contributed by atoms with Crippen LogP contribution in [0.15, 0.2) is 36.7 Å². The third-order valence-electron chi connectivity index (χ3n) is 2.60. The molecule has 0 atom stereocenters. The summed E-state index contributed by atoms with van der Waals surface area (Å²) in [5.41, 5.74) is 3.61. The van der Waals surface area contributed by atoms with Gasteiger partial charge in [-0.3, -0.25) is 0 Å². The fourth-order valence-electron chi connectivity index (χ4n) is 1.90. The molecular formula is C10H6N6. The van der Waals surface area contributed by atoms with Crippen LogP contribution < -0.4 is 9.84 Å². The summed E-state index contributed by atoms with van der Waals surface area (Å²) in [6.45, 7) is 0. The Morgan fingerprint density at radius 3 is 2.94 bits per heavy atom. The van der Waals surface area contributed by atoms with Crippen molar-refractivity contribution in [1.29, 1.82) is 0 Å². The number of para-hydroxylation sites is 1. The molecule has 3 heterocycles. The minimum Gasteiger partial charge on any atom is -0.158 e. The van der Waals surface area contributed by atoms with E-state index in [4.69, 9.17) is 0 Å². The largest absolute Gasteiger partial charge is 0.158 e. The number of nitrogens with zero attached hydrogens (tertiary/aromatic N) is 6. The van der Waals surface area contributed by atoms with Gasteiger partial charge in [-0.25, -0.2) is 0 Å². The van der Waals surface area contributed by atoms with Crippen molar-refractivity contribution in [3.05, 3.63) is 36.7 Å². The topological polar surface area (TPSA) is 61.3 Å². The lowest BCUT2D eigenvalue weighted by Crippen LogP contribution is -2.32.